The SMILES string of the molecule is CCOC(=O)C1CCN(C(=O)c2ccn(C3CCCNC3)n2)CC1. The van der Waals surface area contributed by atoms with Crippen molar-refractivity contribution in [2.45, 2.75) is 38.6 Å². The average molecular weight is 334 g/mol. The molecule has 0 bridgehead atoms. The smallest absolute Gasteiger partial charge is 0.309 e. The molecule has 1 N–H and O–H groups in total. The van der Waals surface area contributed by atoms with E-state index in [1.807, 2.05) is 17.8 Å². The van der Waals surface area contributed by atoms with Gasteiger partial charge in [0.15, 0.2) is 0 Å². The Kier molecular flexibility index (Phi) is 5.50. The van der Waals surface area contributed by atoms with Crippen LogP contribution in [0.15, 0.2) is 12.3 Å². The Hall–Kier alpha value is -1.89. The van der Waals surface area contributed by atoms with E-state index in [4.69, 9.17) is 4.74 Å². The minimum Gasteiger partial charge on any atom is -0.466 e. The van der Waals surface area contributed by atoms with Crippen LogP contribution in [-0.4, -0.2) is 59.3 Å². The maximum atomic E-state index is 12.6. The highest BCUT2D eigenvalue weighted by atomic mass is 16.5. The highest BCUT2D eigenvalue weighted by Crippen LogP contribution is 2.21. The number of carbonyl (C=O) groups excluding carboxylic acids is 2. The fourth-order valence-corrected chi connectivity index (χ4v) is 3.46. The number of likely N-dealkylation sites (tertiary alicyclic amines) is 1. The van der Waals surface area contributed by atoms with E-state index >= 15 is 0 Å². The van der Waals surface area contributed by atoms with Crippen LogP contribution in [0.5, 0.6) is 0 Å². The van der Waals surface area contributed by atoms with Crippen molar-refractivity contribution < 1.29 is 14.3 Å². The molecular weight excluding hydrogens is 308 g/mol. The summed E-state index contributed by atoms with van der Waals surface area (Å²) in [5.41, 5.74) is 0.496. The summed E-state index contributed by atoms with van der Waals surface area (Å²) in [7, 11) is 0. The molecule has 2 aliphatic heterocycles. The lowest BCUT2D eigenvalue weighted by Gasteiger charge is -2.30. The Morgan fingerprint density at radius 3 is 2.79 bits per heavy atom. The summed E-state index contributed by atoms with van der Waals surface area (Å²) in [6, 6.07) is 2.13. The van der Waals surface area contributed by atoms with Crippen LogP contribution in [0.25, 0.3) is 0 Å². The first kappa shape index (κ1) is 17.0. The second kappa shape index (κ2) is 7.79. The molecule has 1 aromatic rings. The van der Waals surface area contributed by atoms with Gasteiger partial charge in [-0.1, -0.05) is 0 Å². The number of aromatic nitrogens is 2. The van der Waals surface area contributed by atoms with Crippen molar-refractivity contribution in [2.24, 2.45) is 5.92 Å². The van der Waals surface area contributed by atoms with Crippen LogP contribution in [-0.2, 0) is 9.53 Å². The van der Waals surface area contributed by atoms with Crippen LogP contribution < -0.4 is 5.32 Å². The standard InChI is InChI=1S/C17H26N4O3/c1-2-24-17(23)13-5-9-20(10-6-13)16(22)15-7-11-21(19-15)14-4-3-8-18-12-14/h7,11,13-14,18H,2-6,8-10,12H2,1H3. The van der Waals surface area contributed by atoms with Gasteiger partial charge in [-0.15, -0.1) is 0 Å². The van der Waals surface area contributed by atoms with Gasteiger partial charge in [0.05, 0.1) is 18.6 Å². The maximum Gasteiger partial charge on any atom is 0.309 e. The molecule has 3 heterocycles. The van der Waals surface area contributed by atoms with Crippen LogP contribution in [0.4, 0.5) is 0 Å². The lowest BCUT2D eigenvalue weighted by Crippen LogP contribution is -2.41. The zero-order valence-corrected chi connectivity index (χ0v) is 14.2. The zero-order chi connectivity index (χ0) is 16.9. The predicted octanol–water partition coefficient (Wildman–Crippen LogP) is 1.22. The molecular formula is C17H26N4O3. The van der Waals surface area contributed by atoms with Crippen molar-refractivity contribution >= 4 is 11.9 Å². The highest BCUT2D eigenvalue weighted by Gasteiger charge is 2.29. The van der Waals surface area contributed by atoms with Crippen LogP contribution >= 0.6 is 0 Å². The van der Waals surface area contributed by atoms with E-state index in [1.54, 1.807) is 11.0 Å². The molecule has 132 valence electrons. The van der Waals surface area contributed by atoms with Gasteiger partial charge >= 0.3 is 5.97 Å². The van der Waals surface area contributed by atoms with E-state index in [9.17, 15) is 9.59 Å². The van der Waals surface area contributed by atoms with Gasteiger partial charge in [0.1, 0.15) is 5.69 Å². The number of ether oxygens (including phenoxy) is 1. The van der Waals surface area contributed by atoms with E-state index in [2.05, 4.69) is 10.4 Å². The van der Waals surface area contributed by atoms with Crippen LogP contribution in [0, 0.1) is 5.92 Å². The zero-order valence-electron chi connectivity index (χ0n) is 14.2. The number of hydrogen-bond donors (Lipinski definition) is 1. The van der Waals surface area contributed by atoms with Crippen molar-refractivity contribution in [3.8, 4) is 0 Å². The number of hydrogen-bond acceptors (Lipinski definition) is 5. The molecule has 1 aromatic heterocycles. The lowest BCUT2D eigenvalue weighted by molar-refractivity contribution is -0.149. The predicted molar refractivity (Wildman–Crippen MR) is 88.6 cm³/mol. The fourth-order valence-electron chi connectivity index (χ4n) is 3.46. The van der Waals surface area contributed by atoms with Crippen LogP contribution in [0.3, 0.4) is 0 Å². The Labute approximate surface area is 142 Å². The third-order valence-electron chi connectivity index (χ3n) is 4.87. The van der Waals surface area contributed by atoms with Gasteiger partial charge in [0.25, 0.3) is 5.91 Å². The summed E-state index contributed by atoms with van der Waals surface area (Å²) >= 11 is 0. The summed E-state index contributed by atoms with van der Waals surface area (Å²) in [5, 5.41) is 7.85. The first-order valence-electron chi connectivity index (χ1n) is 8.91. The van der Waals surface area contributed by atoms with Crippen molar-refractivity contribution in [3.05, 3.63) is 18.0 Å². The van der Waals surface area contributed by atoms with E-state index in [0.29, 0.717) is 44.3 Å². The molecule has 0 saturated carbocycles. The Morgan fingerprint density at radius 2 is 2.12 bits per heavy atom. The molecule has 2 saturated heterocycles. The molecule has 1 atom stereocenters. The molecule has 7 heteroatoms. The summed E-state index contributed by atoms with van der Waals surface area (Å²) in [4.78, 5) is 26.2. The van der Waals surface area contributed by atoms with Crippen LogP contribution in [0.1, 0.15) is 49.1 Å². The lowest BCUT2D eigenvalue weighted by atomic mass is 9.97. The summed E-state index contributed by atoms with van der Waals surface area (Å²) in [5.74, 6) is -0.265. The molecule has 1 amide bonds. The van der Waals surface area contributed by atoms with Crippen molar-refractivity contribution in [3.63, 3.8) is 0 Å². The second-order valence-corrected chi connectivity index (χ2v) is 6.50. The van der Waals surface area contributed by atoms with Crippen molar-refractivity contribution in [1.82, 2.24) is 20.0 Å². The van der Waals surface area contributed by atoms with Gasteiger partial charge in [-0.25, -0.2) is 0 Å². The largest absolute Gasteiger partial charge is 0.466 e. The van der Waals surface area contributed by atoms with Gasteiger partial charge in [-0.05, 0) is 45.2 Å². The van der Waals surface area contributed by atoms with Gasteiger partial charge in [-0.2, -0.15) is 5.10 Å². The average Bonchev–Trinajstić information content (AvgIpc) is 3.12. The van der Waals surface area contributed by atoms with Gasteiger partial charge in [0, 0.05) is 25.8 Å². The number of nitrogens with one attached hydrogen (secondary N) is 1. The summed E-state index contributed by atoms with van der Waals surface area (Å²) in [6.45, 7) is 5.35. The van der Waals surface area contributed by atoms with Gasteiger partial charge < -0.3 is 15.0 Å². The minimum atomic E-state index is -0.140. The monoisotopic (exact) mass is 334 g/mol. The Morgan fingerprint density at radius 1 is 1.33 bits per heavy atom. The molecule has 0 spiro atoms. The molecule has 7 nitrogen and oxygen atoms in total. The quantitative estimate of drug-likeness (QED) is 0.838. The molecule has 1 unspecified atom stereocenters. The topological polar surface area (TPSA) is 76.5 Å². The van der Waals surface area contributed by atoms with E-state index in [0.717, 1.165) is 25.9 Å². The molecule has 2 fully saturated rings. The number of nitrogens with zero attached hydrogens (tertiary/aromatic N) is 3. The number of rotatable bonds is 4. The molecule has 0 radical (unpaired) electrons. The van der Waals surface area contributed by atoms with E-state index in [1.165, 1.54) is 0 Å². The first-order chi connectivity index (χ1) is 11.7. The number of amides is 1. The molecule has 3 rings (SSSR count). The van der Waals surface area contributed by atoms with Gasteiger partial charge in [0.2, 0.25) is 0 Å². The van der Waals surface area contributed by atoms with E-state index in [-0.39, 0.29) is 17.8 Å². The van der Waals surface area contributed by atoms with Crippen LogP contribution in [0.2, 0.25) is 0 Å². The summed E-state index contributed by atoms with van der Waals surface area (Å²) in [6.07, 6.45) is 5.45. The Bertz CT molecular complexity index is 572. The molecule has 0 aromatic carbocycles. The highest BCUT2D eigenvalue weighted by molar-refractivity contribution is 5.92. The normalized spacial score (nSPS) is 22.4. The number of esters is 1. The second-order valence-electron chi connectivity index (χ2n) is 6.50. The van der Waals surface area contributed by atoms with Gasteiger partial charge in [-0.3, -0.25) is 14.3 Å². The molecule has 2 aliphatic rings. The third-order valence-corrected chi connectivity index (χ3v) is 4.87. The molecule has 0 aliphatic carbocycles. The first-order valence-corrected chi connectivity index (χ1v) is 8.91. The maximum absolute atomic E-state index is 12.6. The van der Waals surface area contributed by atoms with Crippen molar-refractivity contribution in [2.75, 3.05) is 32.8 Å². The number of carbonyl (C=O) groups is 2. The Balaban J connectivity index is 1.55. The van der Waals surface area contributed by atoms with Crippen molar-refractivity contribution in [1.29, 1.82) is 0 Å². The number of piperidine rings is 2. The van der Waals surface area contributed by atoms with E-state index < -0.39 is 0 Å². The third kappa shape index (κ3) is 3.77. The molecule has 24 heavy (non-hydrogen) atoms. The fraction of sp³-hybridized carbons (Fsp3) is 0.706. The summed E-state index contributed by atoms with van der Waals surface area (Å²) < 4.78 is 6.98. The minimum absolute atomic E-state index is 0.0418.